The van der Waals surface area contributed by atoms with E-state index in [0.29, 0.717) is 0 Å². The molecule has 228 valence electrons. The van der Waals surface area contributed by atoms with Crippen LogP contribution >= 0.6 is 0 Å². The molecule has 8 aromatic carbocycles. The van der Waals surface area contributed by atoms with Gasteiger partial charge in [0.1, 0.15) is 11.2 Å². The van der Waals surface area contributed by atoms with Gasteiger partial charge >= 0.3 is 0 Å². The van der Waals surface area contributed by atoms with Crippen molar-refractivity contribution in [2.24, 2.45) is 0 Å². The van der Waals surface area contributed by atoms with E-state index in [9.17, 15) is 0 Å². The van der Waals surface area contributed by atoms with Crippen LogP contribution in [0.3, 0.4) is 0 Å². The Kier molecular flexibility index (Phi) is 5.38. The maximum atomic E-state index is 6.41. The Morgan fingerprint density at radius 1 is 0.327 bits per heavy atom. The first-order chi connectivity index (χ1) is 24.3. The van der Waals surface area contributed by atoms with Crippen molar-refractivity contribution in [2.75, 3.05) is 0 Å². The number of fused-ring (bicyclic) bond motifs is 11. The molecule has 0 unspecified atom stereocenters. The van der Waals surface area contributed by atoms with E-state index in [4.69, 9.17) is 4.42 Å². The van der Waals surface area contributed by atoms with Gasteiger partial charge in [0.25, 0.3) is 0 Å². The minimum atomic E-state index is 0.909. The Morgan fingerprint density at radius 2 is 0.959 bits per heavy atom. The van der Waals surface area contributed by atoms with Gasteiger partial charge in [0.2, 0.25) is 0 Å². The topological polar surface area (TPSA) is 23.0 Å². The summed E-state index contributed by atoms with van der Waals surface area (Å²) in [5.41, 5.74) is 11.3. The van der Waals surface area contributed by atoms with E-state index < -0.39 is 0 Å². The van der Waals surface area contributed by atoms with Crippen molar-refractivity contribution < 1.29 is 4.42 Å². The number of nitrogens with zero attached hydrogens (tertiary/aromatic N) is 2. The van der Waals surface area contributed by atoms with Gasteiger partial charge in [-0.25, -0.2) is 0 Å². The zero-order valence-corrected chi connectivity index (χ0v) is 26.5. The van der Waals surface area contributed by atoms with Gasteiger partial charge in [-0.05, 0) is 94.7 Å². The minimum absolute atomic E-state index is 0.909. The van der Waals surface area contributed by atoms with Crippen LogP contribution in [-0.2, 0) is 0 Å². The molecule has 0 N–H and O–H groups in total. The van der Waals surface area contributed by atoms with E-state index in [1.54, 1.807) is 0 Å². The summed E-state index contributed by atoms with van der Waals surface area (Å²) in [7, 11) is 0. The summed E-state index contributed by atoms with van der Waals surface area (Å²) < 4.78 is 11.2. The zero-order chi connectivity index (χ0) is 32.1. The number of para-hydroxylation sites is 3. The van der Waals surface area contributed by atoms with Gasteiger partial charge in [0.15, 0.2) is 0 Å². The highest BCUT2D eigenvalue weighted by Crippen LogP contribution is 2.43. The number of rotatable bonds is 3. The first-order valence-corrected chi connectivity index (χ1v) is 16.8. The summed E-state index contributed by atoms with van der Waals surface area (Å²) in [5, 5.41) is 9.70. The van der Waals surface area contributed by atoms with Crippen LogP contribution in [0, 0.1) is 0 Å². The number of hydrogen-bond acceptors (Lipinski definition) is 1. The minimum Gasteiger partial charge on any atom is -0.456 e. The zero-order valence-electron chi connectivity index (χ0n) is 26.5. The lowest BCUT2D eigenvalue weighted by Crippen LogP contribution is -1.94. The van der Waals surface area contributed by atoms with Crippen LogP contribution in [0.25, 0.3) is 98.8 Å². The smallest absolute Gasteiger partial charge is 0.136 e. The third kappa shape index (κ3) is 3.78. The number of aromatic nitrogens is 2. The summed E-state index contributed by atoms with van der Waals surface area (Å²) in [5.74, 6) is 0. The molecular weight excluding hydrogens is 597 g/mol. The Bertz CT molecular complexity index is 3100. The fourth-order valence-corrected chi connectivity index (χ4v) is 8.11. The van der Waals surface area contributed by atoms with Crippen LogP contribution in [0.5, 0.6) is 0 Å². The number of benzene rings is 8. The molecule has 0 saturated heterocycles. The van der Waals surface area contributed by atoms with Gasteiger partial charge in [0, 0.05) is 43.7 Å². The van der Waals surface area contributed by atoms with E-state index in [-0.39, 0.29) is 0 Å². The van der Waals surface area contributed by atoms with Gasteiger partial charge in [0.05, 0.1) is 22.1 Å². The maximum Gasteiger partial charge on any atom is 0.136 e. The van der Waals surface area contributed by atoms with Crippen molar-refractivity contribution >= 4 is 76.3 Å². The van der Waals surface area contributed by atoms with Gasteiger partial charge in [-0.15, -0.1) is 0 Å². The third-order valence-electron chi connectivity index (χ3n) is 10.3. The van der Waals surface area contributed by atoms with Crippen LogP contribution < -0.4 is 0 Å². The molecule has 0 aliphatic rings. The van der Waals surface area contributed by atoms with Crippen LogP contribution in [0.2, 0.25) is 0 Å². The predicted molar refractivity (Wildman–Crippen MR) is 205 cm³/mol. The Balaban J connectivity index is 1.20. The van der Waals surface area contributed by atoms with Crippen LogP contribution in [0.15, 0.2) is 174 Å². The van der Waals surface area contributed by atoms with Crippen LogP contribution in [0.4, 0.5) is 0 Å². The molecule has 11 rings (SSSR count). The van der Waals surface area contributed by atoms with Crippen molar-refractivity contribution in [3.8, 4) is 22.5 Å². The lowest BCUT2D eigenvalue weighted by molar-refractivity contribution is 0.669. The molecule has 0 aliphatic carbocycles. The summed E-state index contributed by atoms with van der Waals surface area (Å²) in [6.07, 6.45) is 0. The SMILES string of the molecule is c1ccc(-n2c3ccccc3c3cc(-c4ccc5c(c4)c4c6c(ccc4n5-c4ccc5ccccc5c4)oc4ccccc46)ccc32)cc1. The first-order valence-electron chi connectivity index (χ1n) is 16.8. The second-order valence-corrected chi connectivity index (χ2v) is 12.9. The Labute approximate surface area is 281 Å². The van der Waals surface area contributed by atoms with Gasteiger partial charge in [-0.1, -0.05) is 97.1 Å². The molecule has 0 atom stereocenters. The van der Waals surface area contributed by atoms with E-state index >= 15 is 0 Å². The largest absolute Gasteiger partial charge is 0.456 e. The predicted octanol–water partition coefficient (Wildman–Crippen LogP) is 12.6. The van der Waals surface area contributed by atoms with E-state index in [1.165, 1.54) is 71.2 Å². The summed E-state index contributed by atoms with van der Waals surface area (Å²) >= 11 is 0. The fourth-order valence-electron chi connectivity index (χ4n) is 8.11. The highest BCUT2D eigenvalue weighted by atomic mass is 16.3. The molecule has 0 bridgehead atoms. The second kappa shape index (κ2) is 9.96. The molecule has 3 heterocycles. The van der Waals surface area contributed by atoms with Gasteiger partial charge in [-0.2, -0.15) is 0 Å². The van der Waals surface area contributed by atoms with Crippen molar-refractivity contribution in [1.29, 1.82) is 0 Å². The molecule has 3 aromatic heterocycles. The Hall–Kier alpha value is -6.58. The second-order valence-electron chi connectivity index (χ2n) is 12.9. The molecule has 3 heteroatoms. The fraction of sp³-hybridized carbons (Fsp3) is 0. The van der Waals surface area contributed by atoms with Crippen molar-refractivity contribution in [3.63, 3.8) is 0 Å². The van der Waals surface area contributed by atoms with Crippen LogP contribution in [-0.4, -0.2) is 9.13 Å². The molecule has 0 fully saturated rings. The number of hydrogen-bond donors (Lipinski definition) is 0. The van der Waals surface area contributed by atoms with Crippen molar-refractivity contribution in [1.82, 2.24) is 9.13 Å². The lowest BCUT2D eigenvalue weighted by atomic mass is 9.99. The first kappa shape index (κ1) is 26.5. The van der Waals surface area contributed by atoms with Gasteiger partial charge < -0.3 is 13.6 Å². The molecule has 3 nitrogen and oxygen atoms in total. The Morgan fingerprint density at radius 3 is 1.82 bits per heavy atom. The molecule has 49 heavy (non-hydrogen) atoms. The highest BCUT2D eigenvalue weighted by Gasteiger charge is 2.20. The maximum absolute atomic E-state index is 6.41. The van der Waals surface area contributed by atoms with Crippen molar-refractivity contribution in [3.05, 3.63) is 170 Å². The molecular formula is C46H28N2O. The molecule has 0 saturated carbocycles. The molecule has 0 radical (unpaired) electrons. The highest BCUT2D eigenvalue weighted by molar-refractivity contribution is 6.27. The normalized spacial score (nSPS) is 12.1. The average Bonchev–Trinajstić information content (AvgIpc) is 3.82. The standard InChI is InChI=1S/C46H28N2O/c1-2-12-33(13-3-1)47-39-16-8-6-14-35(39)37-27-31(19-22-40(37)47)32-20-23-41-38(28-32)45-42(24-25-44-46(45)36-15-7-9-17-43(36)49-44)48(41)34-21-18-29-10-4-5-11-30(29)26-34/h1-28H. The summed E-state index contributed by atoms with van der Waals surface area (Å²) in [4.78, 5) is 0. The van der Waals surface area contributed by atoms with Crippen LogP contribution in [0.1, 0.15) is 0 Å². The molecule has 0 amide bonds. The third-order valence-corrected chi connectivity index (χ3v) is 10.3. The summed E-state index contributed by atoms with van der Waals surface area (Å²) in [6.45, 7) is 0. The molecule has 11 aromatic rings. The average molecular weight is 625 g/mol. The van der Waals surface area contributed by atoms with E-state index in [0.717, 1.165) is 27.6 Å². The monoisotopic (exact) mass is 624 g/mol. The molecule has 0 spiro atoms. The van der Waals surface area contributed by atoms with E-state index in [1.807, 2.05) is 6.07 Å². The van der Waals surface area contributed by atoms with Crippen molar-refractivity contribution in [2.45, 2.75) is 0 Å². The quantitative estimate of drug-likeness (QED) is 0.192. The summed E-state index contributed by atoms with van der Waals surface area (Å²) in [6, 6.07) is 61.3. The lowest BCUT2D eigenvalue weighted by Gasteiger charge is -2.10. The van der Waals surface area contributed by atoms with E-state index in [2.05, 4.69) is 173 Å². The number of furan rings is 1. The molecule has 0 aliphatic heterocycles. The van der Waals surface area contributed by atoms with Gasteiger partial charge in [-0.3, -0.25) is 0 Å².